The zero-order valence-corrected chi connectivity index (χ0v) is 14.6. The largest absolute Gasteiger partial charge is 0.489 e. The Balaban J connectivity index is 1.65. The Hall–Kier alpha value is -2.79. The number of aromatic amines is 1. The Bertz CT molecular complexity index is 841. The predicted octanol–water partition coefficient (Wildman–Crippen LogP) is 3.04. The lowest BCUT2D eigenvalue weighted by atomic mass is 10.2. The maximum absolute atomic E-state index is 12.2. The van der Waals surface area contributed by atoms with Gasteiger partial charge in [-0.3, -0.25) is 4.79 Å². The van der Waals surface area contributed by atoms with Gasteiger partial charge >= 0.3 is 0 Å². The molecule has 0 aliphatic rings. The van der Waals surface area contributed by atoms with Crippen LogP contribution in [0.2, 0.25) is 0 Å². The number of nitrogens with one attached hydrogen (secondary N) is 2. The van der Waals surface area contributed by atoms with Gasteiger partial charge in [-0.2, -0.15) is 0 Å². The summed E-state index contributed by atoms with van der Waals surface area (Å²) < 4.78 is 5.84. The van der Waals surface area contributed by atoms with Gasteiger partial charge in [0.2, 0.25) is 0 Å². The van der Waals surface area contributed by atoms with E-state index < -0.39 is 0 Å². The fraction of sp³-hybridized carbons (Fsp3) is 0.250. The number of hydrogen-bond acceptors (Lipinski definition) is 3. The van der Waals surface area contributed by atoms with Gasteiger partial charge in [-0.25, -0.2) is 0 Å². The van der Waals surface area contributed by atoms with E-state index in [2.05, 4.69) is 10.3 Å². The average Bonchev–Trinajstić information content (AvgIpc) is 3.04. The lowest BCUT2D eigenvalue weighted by molar-refractivity contribution is 0.0947. The third kappa shape index (κ3) is 4.61. The minimum atomic E-state index is -0.0928. The lowest BCUT2D eigenvalue weighted by Crippen LogP contribution is -2.31. The Morgan fingerprint density at radius 2 is 1.92 bits per heavy atom. The van der Waals surface area contributed by atoms with Crippen LogP contribution in [-0.2, 0) is 6.61 Å². The maximum Gasteiger partial charge on any atom is 0.267 e. The van der Waals surface area contributed by atoms with Crippen molar-refractivity contribution in [1.29, 1.82) is 0 Å². The molecule has 0 spiro atoms. The number of nitrogens with zero attached hydrogens (tertiary/aromatic N) is 1. The molecule has 130 valence electrons. The van der Waals surface area contributed by atoms with Crippen LogP contribution in [0.15, 0.2) is 54.6 Å². The highest BCUT2D eigenvalue weighted by atomic mass is 16.5. The van der Waals surface area contributed by atoms with Crippen LogP contribution in [0.1, 0.15) is 16.1 Å². The van der Waals surface area contributed by atoms with Gasteiger partial charge in [0.25, 0.3) is 5.91 Å². The molecular formula is C20H23N3O2. The summed E-state index contributed by atoms with van der Waals surface area (Å²) in [7, 11) is 3.96. The quantitative estimate of drug-likeness (QED) is 0.697. The highest BCUT2D eigenvalue weighted by Crippen LogP contribution is 2.22. The number of fused-ring (bicyclic) bond motifs is 1. The molecule has 1 heterocycles. The first-order valence-electron chi connectivity index (χ1n) is 8.34. The summed E-state index contributed by atoms with van der Waals surface area (Å²) in [6, 6.07) is 17.7. The monoisotopic (exact) mass is 337 g/mol. The van der Waals surface area contributed by atoms with Gasteiger partial charge in [-0.05, 0) is 37.9 Å². The van der Waals surface area contributed by atoms with E-state index in [4.69, 9.17) is 4.74 Å². The molecule has 1 aromatic heterocycles. The van der Waals surface area contributed by atoms with E-state index in [1.54, 1.807) is 0 Å². The number of likely N-dealkylation sites (N-methyl/N-ethyl adjacent to an activating group) is 1. The number of carbonyl (C=O) groups is 1. The molecule has 0 atom stereocenters. The molecule has 0 radical (unpaired) electrons. The molecule has 5 nitrogen and oxygen atoms in total. The highest BCUT2D eigenvalue weighted by Gasteiger charge is 2.10. The number of ether oxygens (including phenoxy) is 1. The van der Waals surface area contributed by atoms with Crippen molar-refractivity contribution in [2.45, 2.75) is 6.61 Å². The molecule has 0 unspecified atom stereocenters. The first-order chi connectivity index (χ1) is 12.1. The molecule has 0 bridgehead atoms. The fourth-order valence-corrected chi connectivity index (χ4v) is 2.55. The fourth-order valence-electron chi connectivity index (χ4n) is 2.55. The summed E-state index contributed by atoms with van der Waals surface area (Å²) in [6.45, 7) is 1.95. The minimum Gasteiger partial charge on any atom is -0.489 e. The lowest BCUT2D eigenvalue weighted by Gasteiger charge is -2.09. The number of aromatic nitrogens is 1. The molecule has 3 rings (SSSR count). The van der Waals surface area contributed by atoms with Gasteiger partial charge < -0.3 is 19.9 Å². The van der Waals surface area contributed by atoms with E-state index in [0.29, 0.717) is 18.8 Å². The number of benzene rings is 2. The first kappa shape index (κ1) is 17.0. The van der Waals surface area contributed by atoms with Gasteiger partial charge in [0, 0.05) is 30.1 Å². The van der Waals surface area contributed by atoms with E-state index in [1.807, 2.05) is 73.6 Å². The Kier molecular flexibility index (Phi) is 5.36. The molecule has 1 amide bonds. The minimum absolute atomic E-state index is 0.0928. The molecule has 3 aromatic rings. The summed E-state index contributed by atoms with van der Waals surface area (Å²) >= 11 is 0. The molecule has 2 N–H and O–H groups in total. The van der Waals surface area contributed by atoms with Crippen LogP contribution in [0, 0.1) is 0 Å². The van der Waals surface area contributed by atoms with Gasteiger partial charge in [0.05, 0.1) is 0 Å². The van der Waals surface area contributed by atoms with Crippen LogP contribution in [0.25, 0.3) is 10.9 Å². The Morgan fingerprint density at radius 1 is 1.12 bits per heavy atom. The average molecular weight is 337 g/mol. The molecule has 2 aromatic carbocycles. The van der Waals surface area contributed by atoms with Crippen molar-refractivity contribution in [1.82, 2.24) is 15.2 Å². The summed E-state index contributed by atoms with van der Waals surface area (Å²) in [5, 5.41) is 3.90. The van der Waals surface area contributed by atoms with Crippen molar-refractivity contribution in [3.05, 3.63) is 65.9 Å². The topological polar surface area (TPSA) is 57.4 Å². The predicted molar refractivity (Wildman–Crippen MR) is 100.0 cm³/mol. The molecule has 0 aliphatic carbocycles. The maximum atomic E-state index is 12.2. The van der Waals surface area contributed by atoms with Gasteiger partial charge in [-0.15, -0.1) is 0 Å². The standard InChI is InChI=1S/C20H23N3O2/c1-23(2)11-10-21-20(24)19-12-16-8-9-17(13-18(16)22-19)25-14-15-6-4-3-5-7-15/h3-9,12-13,22H,10-11,14H2,1-2H3,(H,21,24). The van der Waals surface area contributed by atoms with Crippen molar-refractivity contribution in [3.8, 4) is 5.75 Å². The number of carbonyl (C=O) groups excluding carboxylic acids is 1. The van der Waals surface area contributed by atoms with E-state index in [9.17, 15) is 4.79 Å². The highest BCUT2D eigenvalue weighted by molar-refractivity contribution is 5.98. The van der Waals surface area contributed by atoms with Crippen LogP contribution in [-0.4, -0.2) is 43.0 Å². The van der Waals surface area contributed by atoms with Crippen LogP contribution < -0.4 is 10.1 Å². The second kappa shape index (κ2) is 7.85. The Labute approximate surface area is 147 Å². The van der Waals surface area contributed by atoms with Crippen molar-refractivity contribution in [2.24, 2.45) is 0 Å². The molecule has 0 saturated carbocycles. The van der Waals surface area contributed by atoms with Crippen molar-refractivity contribution in [3.63, 3.8) is 0 Å². The van der Waals surface area contributed by atoms with Gasteiger partial charge in [0.1, 0.15) is 18.1 Å². The first-order valence-corrected chi connectivity index (χ1v) is 8.34. The number of amides is 1. The zero-order chi connectivity index (χ0) is 17.6. The second-order valence-electron chi connectivity index (χ2n) is 6.27. The summed E-state index contributed by atoms with van der Waals surface area (Å²) in [5.74, 6) is 0.683. The smallest absolute Gasteiger partial charge is 0.267 e. The number of rotatable bonds is 7. The molecule has 5 heteroatoms. The number of H-pyrrole nitrogens is 1. The Morgan fingerprint density at radius 3 is 2.68 bits per heavy atom. The third-order valence-corrected chi connectivity index (χ3v) is 3.93. The second-order valence-corrected chi connectivity index (χ2v) is 6.27. The van der Waals surface area contributed by atoms with E-state index in [-0.39, 0.29) is 5.91 Å². The summed E-state index contributed by atoms with van der Waals surface area (Å²) in [6.07, 6.45) is 0. The van der Waals surface area contributed by atoms with Crippen LogP contribution in [0.3, 0.4) is 0 Å². The van der Waals surface area contributed by atoms with Gasteiger partial charge in [-0.1, -0.05) is 30.3 Å². The molecule has 0 aliphatic heterocycles. The van der Waals surface area contributed by atoms with Gasteiger partial charge in [0.15, 0.2) is 0 Å². The van der Waals surface area contributed by atoms with Crippen LogP contribution in [0.5, 0.6) is 5.75 Å². The third-order valence-electron chi connectivity index (χ3n) is 3.93. The van der Waals surface area contributed by atoms with E-state index >= 15 is 0 Å². The van der Waals surface area contributed by atoms with Crippen molar-refractivity contribution >= 4 is 16.8 Å². The molecule has 0 fully saturated rings. The summed E-state index contributed by atoms with van der Waals surface area (Å²) in [4.78, 5) is 17.4. The number of hydrogen-bond donors (Lipinski definition) is 2. The van der Waals surface area contributed by atoms with Crippen LogP contribution >= 0.6 is 0 Å². The van der Waals surface area contributed by atoms with Crippen molar-refractivity contribution < 1.29 is 9.53 Å². The molecule has 0 saturated heterocycles. The molecular weight excluding hydrogens is 314 g/mol. The van der Waals surface area contributed by atoms with E-state index in [1.165, 1.54) is 0 Å². The zero-order valence-electron chi connectivity index (χ0n) is 14.6. The summed E-state index contributed by atoms with van der Waals surface area (Å²) in [5.41, 5.74) is 2.58. The van der Waals surface area contributed by atoms with E-state index in [0.717, 1.165) is 28.8 Å². The normalized spacial score (nSPS) is 11.0. The van der Waals surface area contributed by atoms with Crippen molar-refractivity contribution in [2.75, 3.05) is 27.2 Å². The van der Waals surface area contributed by atoms with Crippen LogP contribution in [0.4, 0.5) is 0 Å². The molecule has 25 heavy (non-hydrogen) atoms. The SMILES string of the molecule is CN(C)CCNC(=O)c1cc2ccc(OCc3ccccc3)cc2[nH]1.